The number of hydrogen-bond acceptors (Lipinski definition) is 5. The molecule has 1 aliphatic rings. The fourth-order valence-electron chi connectivity index (χ4n) is 4.74. The summed E-state index contributed by atoms with van der Waals surface area (Å²) in [5.41, 5.74) is 13.5. The van der Waals surface area contributed by atoms with Crippen molar-refractivity contribution in [3.63, 3.8) is 0 Å². The Kier molecular flexibility index (Phi) is 6.54. The number of nitrogens with two attached hydrogens (primary N) is 1. The minimum Gasteiger partial charge on any atom is -0.444 e. The predicted octanol–water partition coefficient (Wildman–Crippen LogP) is 4.91. The normalized spacial score (nSPS) is 15.3. The average molecular weight is 459 g/mol. The number of rotatable bonds is 5. The Balaban J connectivity index is 1.78. The van der Waals surface area contributed by atoms with E-state index in [4.69, 9.17) is 10.5 Å². The van der Waals surface area contributed by atoms with Gasteiger partial charge in [-0.2, -0.15) is 0 Å². The zero-order valence-electron chi connectivity index (χ0n) is 20.0. The lowest BCUT2D eigenvalue weighted by Gasteiger charge is -2.25. The number of carbonyl (C=O) groups is 2. The van der Waals surface area contributed by atoms with Crippen LogP contribution in [0.5, 0.6) is 0 Å². The molecular formula is C27H30N4O3. The summed E-state index contributed by atoms with van der Waals surface area (Å²) in [4.78, 5) is 31.3. The molecule has 3 aromatic rings. The first-order valence-electron chi connectivity index (χ1n) is 11.4. The summed E-state index contributed by atoms with van der Waals surface area (Å²) in [5.74, 6) is -0.238. The van der Waals surface area contributed by atoms with Gasteiger partial charge >= 0.3 is 6.09 Å². The molecule has 1 saturated heterocycles. The van der Waals surface area contributed by atoms with E-state index in [1.165, 1.54) is 0 Å². The molecule has 34 heavy (non-hydrogen) atoms. The molecule has 7 nitrogen and oxygen atoms in total. The van der Waals surface area contributed by atoms with Crippen LogP contribution in [-0.4, -0.2) is 36.2 Å². The molecule has 1 aliphatic heterocycles. The van der Waals surface area contributed by atoms with Crippen molar-refractivity contribution in [2.24, 2.45) is 5.73 Å². The van der Waals surface area contributed by atoms with E-state index >= 15 is 0 Å². The first-order valence-corrected chi connectivity index (χ1v) is 11.4. The molecule has 0 bridgehead atoms. The molecule has 0 spiro atoms. The maximum absolute atomic E-state index is 13.5. The SMILES string of the molecule is Cc1cc(C)cc(NC(=O)c2cncc(-c3cc(C)cc(C)c3)c2N2CC[C@H](OC(N)=O)C2)c1. The predicted molar refractivity (Wildman–Crippen MR) is 134 cm³/mol. The van der Waals surface area contributed by atoms with Gasteiger partial charge in [0.25, 0.3) is 5.91 Å². The summed E-state index contributed by atoms with van der Waals surface area (Å²) >= 11 is 0. The van der Waals surface area contributed by atoms with Gasteiger partial charge in [-0.15, -0.1) is 0 Å². The highest BCUT2D eigenvalue weighted by molar-refractivity contribution is 6.10. The number of pyridine rings is 1. The summed E-state index contributed by atoms with van der Waals surface area (Å²) in [6, 6.07) is 12.2. The molecule has 0 unspecified atom stereocenters. The minimum atomic E-state index is -0.788. The molecule has 0 aliphatic carbocycles. The van der Waals surface area contributed by atoms with Gasteiger partial charge in [0.15, 0.2) is 0 Å². The Morgan fingerprint density at radius 1 is 0.971 bits per heavy atom. The Hall–Kier alpha value is -3.87. The minimum absolute atomic E-state index is 0.238. The van der Waals surface area contributed by atoms with Crippen molar-refractivity contribution in [3.8, 4) is 11.1 Å². The van der Waals surface area contributed by atoms with E-state index in [2.05, 4.69) is 39.5 Å². The molecule has 4 rings (SSSR count). The van der Waals surface area contributed by atoms with Crippen molar-refractivity contribution >= 4 is 23.4 Å². The van der Waals surface area contributed by atoms with Gasteiger partial charge in [0.1, 0.15) is 6.10 Å². The monoisotopic (exact) mass is 458 g/mol. The Morgan fingerprint density at radius 3 is 2.21 bits per heavy atom. The fraction of sp³-hybridized carbons (Fsp3) is 0.296. The van der Waals surface area contributed by atoms with Crippen LogP contribution >= 0.6 is 0 Å². The molecular weight excluding hydrogens is 428 g/mol. The number of anilines is 2. The smallest absolute Gasteiger partial charge is 0.404 e. The highest BCUT2D eigenvalue weighted by Crippen LogP contribution is 2.37. The maximum Gasteiger partial charge on any atom is 0.404 e. The molecule has 2 heterocycles. The van der Waals surface area contributed by atoms with Gasteiger partial charge in [0.05, 0.1) is 17.8 Å². The van der Waals surface area contributed by atoms with Crippen molar-refractivity contribution in [2.45, 2.75) is 40.2 Å². The second-order valence-corrected chi connectivity index (χ2v) is 9.08. The van der Waals surface area contributed by atoms with Crippen LogP contribution in [-0.2, 0) is 4.74 Å². The number of hydrogen-bond donors (Lipinski definition) is 2. The molecule has 7 heteroatoms. The number of nitrogens with zero attached hydrogens (tertiary/aromatic N) is 2. The van der Waals surface area contributed by atoms with Gasteiger partial charge in [0, 0.05) is 36.6 Å². The Morgan fingerprint density at radius 2 is 1.59 bits per heavy atom. The van der Waals surface area contributed by atoms with Gasteiger partial charge < -0.3 is 20.7 Å². The molecule has 176 valence electrons. The quantitative estimate of drug-likeness (QED) is 0.566. The van der Waals surface area contributed by atoms with Crippen LogP contribution < -0.4 is 16.0 Å². The summed E-state index contributed by atoms with van der Waals surface area (Å²) in [5, 5.41) is 3.04. The van der Waals surface area contributed by atoms with Crippen LogP contribution in [0.25, 0.3) is 11.1 Å². The average Bonchev–Trinajstić information content (AvgIpc) is 3.19. The third-order valence-corrected chi connectivity index (χ3v) is 5.92. The van der Waals surface area contributed by atoms with E-state index < -0.39 is 6.09 Å². The number of nitrogens with one attached hydrogen (secondary N) is 1. The number of primary amides is 1. The summed E-state index contributed by atoms with van der Waals surface area (Å²) in [7, 11) is 0. The van der Waals surface area contributed by atoms with Crippen molar-refractivity contribution in [2.75, 3.05) is 23.3 Å². The van der Waals surface area contributed by atoms with Crippen molar-refractivity contribution in [1.29, 1.82) is 0 Å². The van der Waals surface area contributed by atoms with Crippen LogP contribution in [0.15, 0.2) is 48.8 Å². The van der Waals surface area contributed by atoms with Gasteiger partial charge in [0.2, 0.25) is 0 Å². The molecule has 1 atom stereocenters. The lowest BCUT2D eigenvalue weighted by atomic mass is 9.98. The van der Waals surface area contributed by atoms with Gasteiger partial charge in [-0.1, -0.05) is 35.4 Å². The molecule has 1 aromatic heterocycles. The first-order chi connectivity index (χ1) is 16.2. The zero-order valence-corrected chi connectivity index (χ0v) is 20.0. The van der Waals surface area contributed by atoms with Crippen molar-refractivity contribution in [1.82, 2.24) is 4.98 Å². The lowest BCUT2D eigenvalue weighted by molar-refractivity contribution is 0.102. The molecule has 1 fully saturated rings. The van der Waals surface area contributed by atoms with E-state index in [-0.39, 0.29) is 12.0 Å². The van der Waals surface area contributed by atoms with Crippen LogP contribution in [0.3, 0.4) is 0 Å². The van der Waals surface area contributed by atoms with E-state index in [1.54, 1.807) is 12.4 Å². The summed E-state index contributed by atoms with van der Waals surface area (Å²) in [6.07, 6.45) is 2.91. The molecule has 2 aromatic carbocycles. The van der Waals surface area contributed by atoms with Gasteiger partial charge in [-0.3, -0.25) is 9.78 Å². The second kappa shape index (κ2) is 9.55. The zero-order chi connectivity index (χ0) is 24.4. The standard InChI is InChI=1S/C27H30N4O3/c1-16-7-17(2)10-20(9-16)23-13-29-14-24(25(23)31-6-5-22(15-31)34-27(28)33)26(32)30-21-11-18(3)8-19(4)12-21/h7-14,22H,5-6,15H2,1-4H3,(H2,28,33)(H,30,32)/t22-/m0/s1. The topological polar surface area (TPSA) is 97.6 Å². The van der Waals surface area contributed by atoms with E-state index in [0.29, 0.717) is 25.1 Å². The van der Waals surface area contributed by atoms with Gasteiger partial charge in [-0.25, -0.2) is 4.79 Å². The van der Waals surface area contributed by atoms with E-state index in [9.17, 15) is 9.59 Å². The van der Waals surface area contributed by atoms with Crippen LogP contribution in [0, 0.1) is 27.7 Å². The number of amides is 2. The Bertz CT molecular complexity index is 1210. The highest BCUT2D eigenvalue weighted by atomic mass is 16.6. The molecule has 0 saturated carbocycles. The molecule has 2 amide bonds. The molecule has 0 radical (unpaired) electrons. The highest BCUT2D eigenvalue weighted by Gasteiger charge is 2.30. The number of benzene rings is 2. The number of aromatic nitrogens is 1. The number of ether oxygens (including phenoxy) is 1. The number of carbonyl (C=O) groups excluding carboxylic acids is 2. The summed E-state index contributed by atoms with van der Waals surface area (Å²) in [6.45, 7) is 9.18. The largest absolute Gasteiger partial charge is 0.444 e. The van der Waals surface area contributed by atoms with Crippen molar-refractivity contribution < 1.29 is 14.3 Å². The van der Waals surface area contributed by atoms with Crippen LogP contribution in [0.2, 0.25) is 0 Å². The Labute approximate surface area is 199 Å². The number of aryl methyl sites for hydroxylation is 4. The lowest BCUT2D eigenvalue weighted by Crippen LogP contribution is -2.29. The van der Waals surface area contributed by atoms with Crippen LogP contribution in [0.1, 0.15) is 39.0 Å². The fourth-order valence-corrected chi connectivity index (χ4v) is 4.74. The third kappa shape index (κ3) is 5.20. The van der Waals surface area contributed by atoms with Gasteiger partial charge in [-0.05, 0) is 56.5 Å². The third-order valence-electron chi connectivity index (χ3n) is 5.92. The maximum atomic E-state index is 13.5. The molecule has 3 N–H and O–H groups in total. The van der Waals surface area contributed by atoms with E-state index in [0.717, 1.165) is 44.8 Å². The second-order valence-electron chi connectivity index (χ2n) is 9.08. The summed E-state index contributed by atoms with van der Waals surface area (Å²) < 4.78 is 5.25. The van der Waals surface area contributed by atoms with Crippen molar-refractivity contribution in [3.05, 3.63) is 76.6 Å². The van der Waals surface area contributed by atoms with E-state index in [1.807, 2.05) is 39.8 Å². The van der Waals surface area contributed by atoms with Crippen LogP contribution in [0.4, 0.5) is 16.2 Å². The first kappa shape index (κ1) is 23.3.